The minimum absolute atomic E-state index is 0. The number of carbonyl (C=O) groups excluding carboxylic acids is 1. The van der Waals surface area contributed by atoms with Crippen molar-refractivity contribution in [1.82, 2.24) is 4.72 Å². The van der Waals surface area contributed by atoms with Gasteiger partial charge in [0.2, 0.25) is 0 Å². The minimum atomic E-state index is -5.39. The molecule has 1 aromatic rings. The Balaban J connectivity index is -0.0000000870. The molecule has 102 valence electrons. The molecular weight excluding hydrogens is 384 g/mol. The summed E-state index contributed by atoms with van der Waals surface area (Å²) in [5, 5.41) is 0. The monoisotopic (exact) mass is 389 g/mol. The Morgan fingerprint density at radius 1 is 0.955 bits per heavy atom. The van der Waals surface area contributed by atoms with Crippen LogP contribution in [0.1, 0.15) is 10.4 Å². The van der Waals surface area contributed by atoms with Crippen LogP contribution in [0.15, 0.2) is 29.2 Å². The van der Waals surface area contributed by atoms with E-state index in [1.54, 1.807) is 12.1 Å². The van der Waals surface area contributed by atoms with Gasteiger partial charge in [-0.15, -0.1) is 0 Å². The predicted molar refractivity (Wildman–Crippen MR) is 48.7 cm³/mol. The van der Waals surface area contributed by atoms with Gasteiger partial charge < -0.3 is 23.9 Å². The van der Waals surface area contributed by atoms with Gasteiger partial charge in [-0.25, -0.2) is 13.1 Å². The van der Waals surface area contributed by atoms with Crippen molar-refractivity contribution in [1.29, 1.82) is 0 Å². The normalized spacial score (nSPS) is 12.8. The topological polar surface area (TPSA) is 149 Å². The summed E-state index contributed by atoms with van der Waals surface area (Å²) < 4.78 is 32.7. The third-order valence-electron chi connectivity index (χ3n) is 1.65. The van der Waals surface area contributed by atoms with Crippen LogP contribution in [0.2, 0.25) is 0 Å². The summed E-state index contributed by atoms with van der Waals surface area (Å²) in [5.41, 5.74) is 0.220. The number of amides is 1. The van der Waals surface area contributed by atoms with Gasteiger partial charge in [0.25, 0.3) is 15.9 Å². The summed E-state index contributed by atoms with van der Waals surface area (Å²) in [6.07, 6.45) is 0. The third-order valence-corrected chi connectivity index (χ3v) is 3.04. The van der Waals surface area contributed by atoms with Crippen molar-refractivity contribution in [3.8, 4) is 0 Å². The van der Waals surface area contributed by atoms with E-state index in [4.69, 9.17) is 19.2 Å². The largest absolute Gasteiger partial charge is 1.00 e. The van der Waals surface area contributed by atoms with E-state index >= 15 is 0 Å². The quantitative estimate of drug-likeness (QED) is 0.342. The van der Waals surface area contributed by atoms with Gasteiger partial charge in [0, 0.05) is 0 Å². The fourth-order valence-electron chi connectivity index (χ4n) is 1.12. The van der Waals surface area contributed by atoms with E-state index in [-0.39, 0.29) is 133 Å². The number of halogens is 1. The van der Waals surface area contributed by atoms with Gasteiger partial charge in [-0.05, 0) is 12.1 Å². The van der Waals surface area contributed by atoms with Crippen LogP contribution in [0.3, 0.4) is 0 Å². The molecule has 1 aliphatic rings. The van der Waals surface area contributed by atoms with Crippen molar-refractivity contribution in [2.75, 3.05) is 0 Å². The zero-order valence-corrected chi connectivity index (χ0v) is 22.1. The molecule has 1 aromatic carbocycles. The average Bonchev–Trinajstić information content (AvgIpc) is 2.36. The molecule has 15 heteroatoms. The Labute approximate surface area is 215 Å². The van der Waals surface area contributed by atoms with Crippen molar-refractivity contribution in [2.24, 2.45) is 0 Å². The molecule has 8 nitrogen and oxygen atoms in total. The Morgan fingerprint density at radius 2 is 1.32 bits per heavy atom. The van der Waals surface area contributed by atoms with E-state index in [2.05, 4.69) is 0 Å². The molecule has 1 N–H and O–H groups in total. The third kappa shape index (κ3) is 13.0. The molecule has 0 fully saturated rings. The molecule has 0 aliphatic carbocycles. The first-order valence-corrected chi connectivity index (χ1v) is 6.95. The van der Waals surface area contributed by atoms with Crippen LogP contribution < -0.4 is 142 Å². The predicted octanol–water partition coefficient (Wildman–Crippen LogP) is -17.7. The molecule has 0 radical (unpaired) electrons. The molecule has 0 bridgehead atoms. The molecule has 0 unspecified atom stereocenters. The fourth-order valence-corrected chi connectivity index (χ4v) is 2.29. The molecule has 1 aliphatic heterocycles. The van der Waals surface area contributed by atoms with E-state index in [9.17, 15) is 13.2 Å². The number of benzene rings is 1. The maximum absolute atomic E-state index is 11.1. The Morgan fingerprint density at radius 3 is 1.68 bits per heavy atom. The average molecular weight is 389 g/mol. The van der Waals surface area contributed by atoms with Gasteiger partial charge in [0.1, 0.15) is 4.90 Å². The van der Waals surface area contributed by atoms with Crippen LogP contribution in [0.25, 0.3) is 0 Å². The summed E-state index contributed by atoms with van der Waals surface area (Å²) in [4.78, 5) is 36.7. The first kappa shape index (κ1) is 35.7. The molecule has 0 atom stereocenters. The first-order valence-electron chi connectivity index (χ1n) is 4.00. The van der Waals surface area contributed by atoms with Crippen LogP contribution in [0.5, 0.6) is 0 Å². The Bertz CT molecular complexity index is 602. The fraction of sp³-hybridized carbons (Fsp3) is 0. The summed E-state index contributed by atoms with van der Waals surface area (Å²) in [6, 6.07) is 6.09. The van der Waals surface area contributed by atoms with Gasteiger partial charge in [-0.1, -0.05) is 12.1 Å². The van der Waals surface area contributed by atoms with Gasteiger partial charge in [0.15, 0.2) is 0 Å². The maximum atomic E-state index is 11.1. The van der Waals surface area contributed by atoms with E-state index in [1.807, 2.05) is 4.72 Å². The van der Waals surface area contributed by atoms with Crippen molar-refractivity contribution >= 4 is 23.8 Å². The van der Waals surface area contributed by atoms with E-state index < -0.39 is 23.8 Å². The molecule has 0 saturated carbocycles. The zero-order chi connectivity index (χ0) is 13.3. The van der Waals surface area contributed by atoms with Gasteiger partial charge in [-0.3, -0.25) is 4.79 Å². The SMILES string of the molecule is O=C1NS(=O)(=O)c2ccccc21.O=P([O-])([O-])[O-].[F-].[Na+].[Na+].[Na+].[Na+]. The number of hydrogen-bond donors (Lipinski definition) is 1. The van der Waals surface area contributed by atoms with Crippen LogP contribution in [-0.2, 0) is 14.6 Å². The molecule has 0 saturated heterocycles. The number of rotatable bonds is 0. The smallest absolute Gasteiger partial charge is 1.00 e. The van der Waals surface area contributed by atoms with Gasteiger partial charge in [0.05, 0.1) is 5.56 Å². The number of sulfonamides is 1. The minimum Gasteiger partial charge on any atom is -1.00 e. The number of nitrogens with one attached hydrogen (secondary N) is 1. The maximum Gasteiger partial charge on any atom is 1.00 e. The molecule has 0 aromatic heterocycles. The molecule has 22 heavy (non-hydrogen) atoms. The second-order valence-corrected chi connectivity index (χ2v) is 5.42. The first-order chi connectivity index (χ1) is 7.61. The van der Waals surface area contributed by atoms with Crippen molar-refractivity contribution < 1.29 is 155 Å². The van der Waals surface area contributed by atoms with Crippen LogP contribution in [-0.4, -0.2) is 14.3 Å². The Kier molecular flexibility index (Phi) is 24.1. The van der Waals surface area contributed by atoms with Gasteiger partial charge in [-0.2, -0.15) is 7.82 Å². The van der Waals surface area contributed by atoms with E-state index in [0.717, 1.165) is 0 Å². The number of carbonyl (C=O) groups is 1. The molecular formula is C7H5FNNa4O7PS. The molecule has 1 heterocycles. The van der Waals surface area contributed by atoms with Crippen molar-refractivity contribution in [3.63, 3.8) is 0 Å². The standard InChI is InChI=1S/C7H5NO3S.FH.4Na.H3O4P/c9-7-5-3-1-2-4-6(5)12(10,11)8-7;;;;;;1-5(2,3)4/h1-4H,(H,8,9);1H;;;;;(H3,1,2,3,4)/q;;4*+1;/p-4. The second-order valence-electron chi connectivity index (χ2n) is 2.88. The summed E-state index contributed by atoms with van der Waals surface area (Å²) >= 11 is 0. The van der Waals surface area contributed by atoms with Crippen molar-refractivity contribution in [2.45, 2.75) is 4.90 Å². The summed E-state index contributed by atoms with van der Waals surface area (Å²) in [5.74, 6) is -0.550. The number of phosphoric acid groups is 1. The summed E-state index contributed by atoms with van der Waals surface area (Å²) in [7, 11) is -8.94. The molecule has 1 amide bonds. The molecule has 0 spiro atoms. The Hall–Kier alpha value is 2.68. The van der Waals surface area contributed by atoms with Crippen LogP contribution in [0.4, 0.5) is 0 Å². The van der Waals surface area contributed by atoms with E-state index in [0.29, 0.717) is 0 Å². The van der Waals surface area contributed by atoms with Gasteiger partial charge >= 0.3 is 118 Å². The molecule has 2 rings (SSSR count). The summed E-state index contributed by atoms with van der Waals surface area (Å²) in [6.45, 7) is 0. The van der Waals surface area contributed by atoms with Crippen LogP contribution in [0, 0.1) is 0 Å². The second kappa shape index (κ2) is 14.8. The van der Waals surface area contributed by atoms with E-state index in [1.165, 1.54) is 12.1 Å². The zero-order valence-electron chi connectivity index (χ0n) is 12.4. The number of fused-ring (bicyclic) bond motifs is 1. The van der Waals surface area contributed by atoms with Crippen molar-refractivity contribution in [3.05, 3.63) is 29.8 Å². The van der Waals surface area contributed by atoms with Crippen LogP contribution >= 0.6 is 7.82 Å². The number of hydrogen-bond acceptors (Lipinski definition) is 7.